The fraction of sp³-hybridized carbons (Fsp3) is 0.294. The van der Waals surface area contributed by atoms with Crippen LogP contribution < -0.4 is 0 Å². The SMILES string of the molecule is Cc1ccc2c(c1)Cc1ccc(C(C)C)cc1-2. The van der Waals surface area contributed by atoms with Gasteiger partial charge in [0, 0.05) is 0 Å². The van der Waals surface area contributed by atoms with Gasteiger partial charge >= 0.3 is 0 Å². The zero-order chi connectivity index (χ0) is 12.0. The molecule has 0 spiro atoms. The summed E-state index contributed by atoms with van der Waals surface area (Å²) in [7, 11) is 0. The molecule has 0 nitrogen and oxygen atoms in total. The van der Waals surface area contributed by atoms with Crippen LogP contribution in [-0.2, 0) is 6.42 Å². The predicted octanol–water partition coefficient (Wildman–Crippen LogP) is 4.69. The van der Waals surface area contributed by atoms with Crippen molar-refractivity contribution in [3.05, 3.63) is 58.7 Å². The van der Waals surface area contributed by atoms with Crippen LogP contribution in [0.15, 0.2) is 36.4 Å². The van der Waals surface area contributed by atoms with Crippen molar-refractivity contribution in [3.8, 4) is 11.1 Å². The van der Waals surface area contributed by atoms with Gasteiger partial charge in [0.15, 0.2) is 0 Å². The van der Waals surface area contributed by atoms with Gasteiger partial charge in [0.1, 0.15) is 0 Å². The predicted molar refractivity (Wildman–Crippen MR) is 73.5 cm³/mol. The summed E-state index contributed by atoms with van der Waals surface area (Å²) in [5.74, 6) is 0.606. The summed E-state index contributed by atoms with van der Waals surface area (Å²) in [5.41, 5.74) is 8.66. The molecule has 0 amide bonds. The lowest BCUT2D eigenvalue weighted by Gasteiger charge is -2.08. The molecule has 0 atom stereocenters. The molecule has 86 valence electrons. The number of hydrogen-bond acceptors (Lipinski definition) is 0. The molecule has 3 rings (SSSR count). The number of fused-ring (bicyclic) bond motifs is 3. The maximum atomic E-state index is 2.38. The second-order valence-electron chi connectivity index (χ2n) is 5.41. The summed E-state index contributed by atoms with van der Waals surface area (Å²) in [5, 5.41) is 0. The Bertz CT molecular complexity index is 577. The molecule has 1 aliphatic carbocycles. The fourth-order valence-corrected chi connectivity index (χ4v) is 2.69. The van der Waals surface area contributed by atoms with E-state index >= 15 is 0 Å². The molecule has 0 heterocycles. The summed E-state index contributed by atoms with van der Waals surface area (Å²) in [6, 6.07) is 13.8. The lowest BCUT2D eigenvalue weighted by molar-refractivity contribution is 0.866. The number of rotatable bonds is 1. The molecule has 17 heavy (non-hydrogen) atoms. The van der Waals surface area contributed by atoms with E-state index in [0.29, 0.717) is 5.92 Å². The van der Waals surface area contributed by atoms with E-state index in [4.69, 9.17) is 0 Å². The molecular weight excluding hydrogens is 204 g/mol. The smallest absolute Gasteiger partial charge is 0.00134 e. The number of benzene rings is 2. The highest BCUT2D eigenvalue weighted by Crippen LogP contribution is 2.38. The van der Waals surface area contributed by atoms with E-state index in [1.165, 1.54) is 33.4 Å². The van der Waals surface area contributed by atoms with Gasteiger partial charge in [0.2, 0.25) is 0 Å². The van der Waals surface area contributed by atoms with E-state index in [1.54, 1.807) is 0 Å². The van der Waals surface area contributed by atoms with Gasteiger partial charge in [0.05, 0.1) is 0 Å². The monoisotopic (exact) mass is 222 g/mol. The zero-order valence-electron chi connectivity index (χ0n) is 10.7. The Labute approximate surface area is 103 Å². The van der Waals surface area contributed by atoms with Crippen molar-refractivity contribution >= 4 is 0 Å². The minimum atomic E-state index is 0.606. The first-order valence-electron chi connectivity index (χ1n) is 6.38. The van der Waals surface area contributed by atoms with Crippen molar-refractivity contribution in [2.45, 2.75) is 33.1 Å². The number of hydrogen-bond donors (Lipinski definition) is 0. The largest absolute Gasteiger partial charge is 0.0587 e. The highest BCUT2D eigenvalue weighted by atomic mass is 14.2. The van der Waals surface area contributed by atoms with Gasteiger partial charge in [-0.1, -0.05) is 55.8 Å². The summed E-state index contributed by atoms with van der Waals surface area (Å²) >= 11 is 0. The first kappa shape index (κ1) is 10.6. The average molecular weight is 222 g/mol. The summed E-state index contributed by atoms with van der Waals surface area (Å²) in [4.78, 5) is 0. The molecule has 0 saturated carbocycles. The molecule has 0 bridgehead atoms. The third kappa shape index (κ3) is 1.68. The second kappa shape index (κ2) is 3.73. The maximum Gasteiger partial charge on any atom is -0.00134 e. The van der Waals surface area contributed by atoms with Crippen LogP contribution in [0.25, 0.3) is 11.1 Å². The van der Waals surface area contributed by atoms with Crippen molar-refractivity contribution in [1.29, 1.82) is 0 Å². The fourth-order valence-electron chi connectivity index (χ4n) is 2.69. The maximum absolute atomic E-state index is 2.38. The van der Waals surface area contributed by atoms with Crippen molar-refractivity contribution in [2.75, 3.05) is 0 Å². The molecule has 0 aliphatic heterocycles. The van der Waals surface area contributed by atoms with Crippen LogP contribution >= 0.6 is 0 Å². The topological polar surface area (TPSA) is 0 Å². The summed E-state index contributed by atoms with van der Waals surface area (Å²) < 4.78 is 0. The van der Waals surface area contributed by atoms with Crippen molar-refractivity contribution < 1.29 is 0 Å². The summed E-state index contributed by atoms with van der Waals surface area (Å²) in [6.07, 6.45) is 1.10. The molecule has 2 aromatic rings. The molecule has 0 unspecified atom stereocenters. The molecule has 0 heteroatoms. The van der Waals surface area contributed by atoms with E-state index in [-0.39, 0.29) is 0 Å². The second-order valence-corrected chi connectivity index (χ2v) is 5.41. The van der Waals surface area contributed by atoms with Crippen LogP contribution in [-0.4, -0.2) is 0 Å². The van der Waals surface area contributed by atoms with Gasteiger partial charge in [-0.2, -0.15) is 0 Å². The Kier molecular flexibility index (Phi) is 2.32. The molecular formula is C17H18. The molecule has 1 aliphatic rings. The van der Waals surface area contributed by atoms with Gasteiger partial charge in [-0.05, 0) is 47.1 Å². The van der Waals surface area contributed by atoms with Crippen molar-refractivity contribution in [3.63, 3.8) is 0 Å². The lowest BCUT2D eigenvalue weighted by Crippen LogP contribution is -1.88. The Morgan fingerprint density at radius 3 is 2.47 bits per heavy atom. The Hall–Kier alpha value is -1.56. The third-order valence-corrected chi connectivity index (χ3v) is 3.73. The Morgan fingerprint density at radius 1 is 0.882 bits per heavy atom. The van der Waals surface area contributed by atoms with Gasteiger partial charge in [-0.15, -0.1) is 0 Å². The Balaban J connectivity index is 2.17. The van der Waals surface area contributed by atoms with Crippen LogP contribution in [0.5, 0.6) is 0 Å². The minimum Gasteiger partial charge on any atom is -0.0587 e. The van der Waals surface area contributed by atoms with Crippen molar-refractivity contribution in [1.82, 2.24) is 0 Å². The van der Waals surface area contributed by atoms with Gasteiger partial charge in [-0.3, -0.25) is 0 Å². The number of aryl methyl sites for hydroxylation is 1. The molecule has 0 aromatic heterocycles. The van der Waals surface area contributed by atoms with E-state index in [9.17, 15) is 0 Å². The van der Waals surface area contributed by atoms with Crippen LogP contribution in [0.1, 0.15) is 42.0 Å². The van der Waals surface area contributed by atoms with E-state index in [1.807, 2.05) is 0 Å². The van der Waals surface area contributed by atoms with Gasteiger partial charge in [-0.25, -0.2) is 0 Å². The molecule has 0 fully saturated rings. The Morgan fingerprint density at radius 2 is 1.71 bits per heavy atom. The van der Waals surface area contributed by atoms with E-state index in [2.05, 4.69) is 57.2 Å². The van der Waals surface area contributed by atoms with Crippen molar-refractivity contribution in [2.24, 2.45) is 0 Å². The molecule has 2 aromatic carbocycles. The van der Waals surface area contributed by atoms with Crippen LogP contribution in [0.3, 0.4) is 0 Å². The molecule has 0 N–H and O–H groups in total. The first-order chi connectivity index (χ1) is 8.15. The highest BCUT2D eigenvalue weighted by molar-refractivity contribution is 5.77. The van der Waals surface area contributed by atoms with Gasteiger partial charge < -0.3 is 0 Å². The first-order valence-corrected chi connectivity index (χ1v) is 6.38. The normalized spacial score (nSPS) is 12.7. The van der Waals surface area contributed by atoms with E-state index < -0.39 is 0 Å². The lowest BCUT2D eigenvalue weighted by atomic mass is 9.97. The highest BCUT2D eigenvalue weighted by Gasteiger charge is 2.18. The summed E-state index contributed by atoms with van der Waals surface area (Å²) in [6.45, 7) is 6.68. The average Bonchev–Trinajstić information content (AvgIpc) is 2.64. The molecule has 0 radical (unpaired) electrons. The van der Waals surface area contributed by atoms with Crippen LogP contribution in [0.4, 0.5) is 0 Å². The van der Waals surface area contributed by atoms with E-state index in [0.717, 1.165) is 6.42 Å². The van der Waals surface area contributed by atoms with Crippen LogP contribution in [0, 0.1) is 6.92 Å². The quantitative estimate of drug-likeness (QED) is 0.560. The van der Waals surface area contributed by atoms with Gasteiger partial charge in [0.25, 0.3) is 0 Å². The van der Waals surface area contributed by atoms with Crippen LogP contribution in [0.2, 0.25) is 0 Å². The zero-order valence-corrected chi connectivity index (χ0v) is 10.7. The molecule has 0 saturated heterocycles. The standard InChI is InChI=1S/C17H18/c1-11(2)13-5-6-14-9-15-8-12(3)4-7-16(15)17(14)10-13/h4-8,10-11H,9H2,1-3H3. The minimum absolute atomic E-state index is 0.606. The third-order valence-electron chi connectivity index (χ3n) is 3.73.